The number of hydrogen-bond acceptors (Lipinski definition) is 7. The van der Waals surface area contributed by atoms with Crippen molar-refractivity contribution < 1.29 is 36.0 Å². The summed E-state index contributed by atoms with van der Waals surface area (Å²) in [6.07, 6.45) is -3.53. The minimum Gasteiger partial charge on any atom is -0.437 e. The summed E-state index contributed by atoms with van der Waals surface area (Å²) in [5.41, 5.74) is -1.27. The summed E-state index contributed by atoms with van der Waals surface area (Å²) in [6, 6.07) is 8.64. The number of rotatable bonds is 8. The monoisotopic (exact) mass is 531 g/mol. The lowest BCUT2D eigenvalue weighted by Crippen LogP contribution is -2.33. The van der Waals surface area contributed by atoms with E-state index >= 15 is 0 Å². The average Bonchev–Trinajstić information content (AvgIpc) is 2.78. The summed E-state index contributed by atoms with van der Waals surface area (Å²) >= 11 is 5.63. The highest BCUT2D eigenvalue weighted by Crippen LogP contribution is 2.39. The molecule has 0 aliphatic rings. The highest BCUT2D eigenvalue weighted by molar-refractivity contribution is 7.92. The van der Waals surface area contributed by atoms with Crippen LogP contribution in [-0.4, -0.2) is 32.2 Å². The smallest absolute Gasteiger partial charge is 0.417 e. The molecule has 0 spiro atoms. The topological polar surface area (TPSA) is 112 Å². The van der Waals surface area contributed by atoms with Gasteiger partial charge in [-0.25, -0.2) is 17.7 Å². The minimum atomic E-state index is -4.89. The van der Waals surface area contributed by atoms with Crippen LogP contribution >= 0.6 is 11.6 Å². The molecule has 2 aromatic carbocycles. The van der Waals surface area contributed by atoms with Gasteiger partial charge in [-0.3, -0.25) is 10.1 Å². The molecule has 0 bridgehead atoms. The largest absolute Gasteiger partial charge is 0.437 e. The molecule has 0 amide bonds. The van der Waals surface area contributed by atoms with Crippen molar-refractivity contribution in [1.82, 2.24) is 4.98 Å². The van der Waals surface area contributed by atoms with Crippen molar-refractivity contribution in [2.75, 3.05) is 18.1 Å². The summed E-state index contributed by atoms with van der Waals surface area (Å²) in [5.74, 6) is -0.292. The van der Waals surface area contributed by atoms with Crippen LogP contribution in [0, 0.1) is 17.0 Å². The van der Waals surface area contributed by atoms with Gasteiger partial charge in [-0.1, -0.05) is 17.7 Å². The van der Waals surface area contributed by atoms with E-state index in [1.54, 1.807) is 6.92 Å². The molecule has 186 valence electrons. The molecule has 0 radical (unpaired) electrons. The van der Waals surface area contributed by atoms with Gasteiger partial charge < -0.3 is 9.47 Å². The lowest BCUT2D eigenvalue weighted by molar-refractivity contribution is -0.384. The Hall–Kier alpha value is -3.42. The predicted molar refractivity (Wildman–Crippen MR) is 120 cm³/mol. The second-order valence-electron chi connectivity index (χ2n) is 7.10. The highest BCUT2D eigenvalue weighted by Gasteiger charge is 2.36. The highest BCUT2D eigenvalue weighted by atomic mass is 35.5. The summed E-state index contributed by atoms with van der Waals surface area (Å²) in [6.45, 7) is 0.998. The Bertz CT molecular complexity index is 1370. The Morgan fingerprint density at radius 3 is 2.51 bits per heavy atom. The van der Waals surface area contributed by atoms with E-state index in [9.17, 15) is 31.7 Å². The zero-order valence-electron chi connectivity index (χ0n) is 18.1. The number of aromatic nitrogens is 1. The van der Waals surface area contributed by atoms with Gasteiger partial charge in [-0.05, 0) is 42.8 Å². The molecule has 0 N–H and O–H groups in total. The molecular weight excluding hydrogens is 515 g/mol. The molecule has 3 rings (SSSR count). The number of aryl methyl sites for hydroxylation is 1. The van der Waals surface area contributed by atoms with E-state index in [0.717, 1.165) is 18.2 Å². The van der Waals surface area contributed by atoms with Gasteiger partial charge in [0.25, 0.3) is 15.7 Å². The first-order valence-corrected chi connectivity index (χ1v) is 11.4. The van der Waals surface area contributed by atoms with Crippen molar-refractivity contribution in [3.63, 3.8) is 0 Å². The first kappa shape index (κ1) is 26.2. The fraction of sp³-hybridized carbons (Fsp3) is 0.190. The van der Waals surface area contributed by atoms with Gasteiger partial charge in [0.05, 0.1) is 26.5 Å². The first-order chi connectivity index (χ1) is 16.3. The number of sulfonamides is 1. The number of benzene rings is 2. The lowest BCUT2D eigenvalue weighted by atomic mass is 10.2. The van der Waals surface area contributed by atoms with Gasteiger partial charge in [-0.2, -0.15) is 13.2 Å². The summed E-state index contributed by atoms with van der Waals surface area (Å²) in [7, 11) is -3.46. The molecule has 1 heterocycles. The van der Waals surface area contributed by atoms with Gasteiger partial charge in [0.2, 0.25) is 5.88 Å². The standard InChI is InChI=1S/C21H17ClF3N3O6S/c1-13-8-19(20(26-11-13)34-15-5-3-4-14(9-15)28(29)30)27(12-33-2)35(31,32)16-6-7-18(22)17(10-16)21(23,24)25/h3-11H,12H2,1-2H3. The van der Waals surface area contributed by atoms with Crippen LogP contribution in [0.15, 0.2) is 59.6 Å². The van der Waals surface area contributed by atoms with E-state index in [0.29, 0.717) is 15.9 Å². The van der Waals surface area contributed by atoms with Gasteiger partial charge in [-0.15, -0.1) is 0 Å². The number of nitrogens with zero attached hydrogens (tertiary/aromatic N) is 3. The Morgan fingerprint density at radius 2 is 1.89 bits per heavy atom. The molecule has 0 aliphatic heterocycles. The van der Waals surface area contributed by atoms with E-state index in [1.807, 2.05) is 0 Å². The van der Waals surface area contributed by atoms with Crippen molar-refractivity contribution >= 4 is 33.0 Å². The molecule has 0 aliphatic carbocycles. The molecule has 9 nitrogen and oxygen atoms in total. The minimum absolute atomic E-state index is 0.0163. The van der Waals surface area contributed by atoms with Crippen molar-refractivity contribution in [1.29, 1.82) is 0 Å². The number of non-ortho nitro benzene ring substituents is 1. The molecule has 0 atom stereocenters. The summed E-state index contributed by atoms with van der Waals surface area (Å²) in [4.78, 5) is 13.8. The van der Waals surface area contributed by atoms with E-state index < -0.39 is 43.3 Å². The number of nitro groups is 1. The quantitative estimate of drug-likeness (QED) is 0.212. The van der Waals surface area contributed by atoms with Crippen molar-refractivity contribution in [2.45, 2.75) is 18.0 Å². The maximum Gasteiger partial charge on any atom is 0.417 e. The number of hydrogen-bond donors (Lipinski definition) is 0. The Balaban J connectivity index is 2.13. The van der Waals surface area contributed by atoms with Crippen LogP contribution < -0.4 is 9.04 Å². The molecule has 14 heteroatoms. The number of nitro benzene ring substituents is 1. The first-order valence-electron chi connectivity index (χ1n) is 9.62. The summed E-state index contributed by atoms with van der Waals surface area (Å²) in [5, 5.41) is 10.4. The molecular formula is C21H17ClF3N3O6S. The van der Waals surface area contributed by atoms with Crippen LogP contribution in [0.5, 0.6) is 11.6 Å². The summed E-state index contributed by atoms with van der Waals surface area (Å²) < 4.78 is 78.2. The number of methoxy groups -OCH3 is 1. The van der Waals surface area contributed by atoms with Crippen LogP contribution in [-0.2, 0) is 20.9 Å². The third-order valence-corrected chi connectivity index (χ3v) is 6.62. The fourth-order valence-corrected chi connectivity index (χ4v) is 4.59. The van der Waals surface area contributed by atoms with Crippen LogP contribution in [0.25, 0.3) is 0 Å². The van der Waals surface area contributed by atoms with E-state index in [4.69, 9.17) is 21.1 Å². The fourth-order valence-electron chi connectivity index (χ4n) is 2.97. The van der Waals surface area contributed by atoms with Crippen LogP contribution in [0.4, 0.5) is 24.5 Å². The maximum absolute atomic E-state index is 13.4. The Labute approximate surface area is 202 Å². The number of ether oxygens (including phenoxy) is 2. The van der Waals surface area contributed by atoms with Crippen molar-refractivity contribution in [3.05, 3.63) is 81.0 Å². The predicted octanol–water partition coefficient (Wildman–Crippen LogP) is 5.56. The second kappa shape index (κ2) is 10.1. The van der Waals surface area contributed by atoms with Crippen LogP contribution in [0.2, 0.25) is 5.02 Å². The lowest BCUT2D eigenvalue weighted by Gasteiger charge is -2.25. The third-order valence-electron chi connectivity index (χ3n) is 4.56. The maximum atomic E-state index is 13.4. The normalized spacial score (nSPS) is 11.8. The molecule has 0 unspecified atom stereocenters. The van der Waals surface area contributed by atoms with Crippen molar-refractivity contribution in [3.8, 4) is 11.6 Å². The van der Waals surface area contributed by atoms with Gasteiger partial charge in [0.1, 0.15) is 18.2 Å². The van der Waals surface area contributed by atoms with Gasteiger partial charge >= 0.3 is 6.18 Å². The molecule has 1 aromatic heterocycles. The Kier molecular flexibility index (Phi) is 7.53. The van der Waals surface area contributed by atoms with E-state index in [2.05, 4.69) is 4.98 Å². The molecule has 0 fully saturated rings. The van der Waals surface area contributed by atoms with Crippen LogP contribution in [0.1, 0.15) is 11.1 Å². The SMILES string of the molecule is COCN(c1cc(C)cnc1Oc1cccc([N+](=O)[O-])c1)S(=O)(=O)c1ccc(Cl)c(C(F)(F)F)c1. The van der Waals surface area contributed by atoms with Crippen molar-refractivity contribution in [2.24, 2.45) is 0 Å². The van der Waals surface area contributed by atoms with Gasteiger partial charge in [0.15, 0.2) is 0 Å². The zero-order chi connectivity index (χ0) is 26.0. The molecule has 0 saturated carbocycles. The number of alkyl halides is 3. The third kappa shape index (κ3) is 5.81. The molecule has 35 heavy (non-hydrogen) atoms. The number of halogens is 4. The zero-order valence-corrected chi connectivity index (χ0v) is 19.7. The molecule has 0 saturated heterocycles. The average molecular weight is 532 g/mol. The van der Waals surface area contributed by atoms with Gasteiger partial charge in [0, 0.05) is 19.4 Å². The number of pyridine rings is 1. The number of anilines is 1. The second-order valence-corrected chi connectivity index (χ2v) is 9.37. The Morgan fingerprint density at radius 1 is 1.17 bits per heavy atom. The molecule has 3 aromatic rings. The van der Waals surface area contributed by atoms with E-state index in [-0.39, 0.29) is 23.0 Å². The van der Waals surface area contributed by atoms with Crippen LogP contribution in [0.3, 0.4) is 0 Å². The van der Waals surface area contributed by atoms with E-state index in [1.165, 1.54) is 37.6 Å².